The van der Waals surface area contributed by atoms with Gasteiger partial charge in [0.1, 0.15) is 5.75 Å². The molecule has 1 aliphatic heterocycles. The Morgan fingerprint density at radius 2 is 1.97 bits per heavy atom. The van der Waals surface area contributed by atoms with Crippen molar-refractivity contribution in [2.75, 3.05) is 18.5 Å². The van der Waals surface area contributed by atoms with Crippen LogP contribution in [0.25, 0.3) is 0 Å². The molecule has 31 heavy (non-hydrogen) atoms. The molecule has 5 nitrogen and oxygen atoms in total. The molecule has 1 amide bonds. The number of nitrogens with zero attached hydrogens (tertiary/aromatic N) is 2. The van der Waals surface area contributed by atoms with Gasteiger partial charge in [0.05, 0.1) is 11.3 Å². The number of hydrogen-bond acceptors (Lipinski definition) is 5. The minimum absolute atomic E-state index is 0.0139. The van der Waals surface area contributed by atoms with Crippen molar-refractivity contribution in [2.24, 2.45) is 0 Å². The van der Waals surface area contributed by atoms with E-state index in [1.807, 2.05) is 18.2 Å². The predicted octanol–water partition coefficient (Wildman–Crippen LogP) is 4.74. The number of rotatable bonds is 6. The molecule has 0 saturated heterocycles. The van der Waals surface area contributed by atoms with E-state index in [0.29, 0.717) is 5.13 Å². The van der Waals surface area contributed by atoms with Gasteiger partial charge in [-0.2, -0.15) is 13.2 Å². The first-order valence-corrected chi connectivity index (χ1v) is 10.5. The molecule has 3 aromatic rings. The molecule has 0 atom stereocenters. The Morgan fingerprint density at radius 1 is 1.16 bits per heavy atom. The average Bonchev–Trinajstić information content (AvgIpc) is 3.14. The van der Waals surface area contributed by atoms with Gasteiger partial charge in [0.2, 0.25) is 0 Å². The molecule has 0 aliphatic carbocycles. The second-order valence-corrected chi connectivity index (χ2v) is 8.28. The number of alkyl halides is 3. The Bertz CT molecular complexity index is 1050. The van der Waals surface area contributed by atoms with E-state index in [-0.39, 0.29) is 5.75 Å². The van der Waals surface area contributed by atoms with Gasteiger partial charge in [-0.25, -0.2) is 4.98 Å². The summed E-state index contributed by atoms with van der Waals surface area (Å²) in [5, 5.41) is 3.16. The first-order chi connectivity index (χ1) is 14.9. The number of ether oxygens (including phenoxy) is 1. The van der Waals surface area contributed by atoms with Gasteiger partial charge in [0.25, 0.3) is 5.91 Å². The van der Waals surface area contributed by atoms with Gasteiger partial charge in [0.15, 0.2) is 11.7 Å². The van der Waals surface area contributed by atoms with Crippen molar-refractivity contribution in [3.63, 3.8) is 0 Å². The van der Waals surface area contributed by atoms with E-state index in [1.165, 1.54) is 29.0 Å². The molecule has 2 heterocycles. The van der Waals surface area contributed by atoms with Crippen LogP contribution in [-0.2, 0) is 30.5 Å². The quantitative estimate of drug-likeness (QED) is 0.593. The monoisotopic (exact) mass is 447 g/mol. The smallest absolute Gasteiger partial charge is 0.416 e. The van der Waals surface area contributed by atoms with Crippen LogP contribution in [0.2, 0.25) is 0 Å². The summed E-state index contributed by atoms with van der Waals surface area (Å²) in [5.74, 6) is -0.482. The summed E-state index contributed by atoms with van der Waals surface area (Å²) in [4.78, 5) is 20.1. The fourth-order valence-electron chi connectivity index (χ4n) is 3.34. The zero-order valence-electron chi connectivity index (χ0n) is 16.5. The number of amides is 1. The highest BCUT2D eigenvalue weighted by atomic mass is 32.1. The first-order valence-electron chi connectivity index (χ1n) is 9.71. The summed E-state index contributed by atoms with van der Waals surface area (Å²) in [6, 6.07) is 14.7. The van der Waals surface area contributed by atoms with Crippen molar-refractivity contribution in [3.8, 4) is 5.75 Å². The van der Waals surface area contributed by atoms with E-state index in [4.69, 9.17) is 4.74 Å². The van der Waals surface area contributed by atoms with Crippen molar-refractivity contribution < 1.29 is 22.7 Å². The molecular weight excluding hydrogens is 427 g/mol. The van der Waals surface area contributed by atoms with E-state index in [9.17, 15) is 18.0 Å². The van der Waals surface area contributed by atoms with Gasteiger partial charge in [-0.15, -0.1) is 11.3 Å². The summed E-state index contributed by atoms with van der Waals surface area (Å²) in [5.41, 5.74) is 1.40. The molecule has 2 aromatic carbocycles. The highest BCUT2D eigenvalue weighted by molar-refractivity contribution is 7.15. The van der Waals surface area contributed by atoms with Gasteiger partial charge in [-0.05, 0) is 23.8 Å². The summed E-state index contributed by atoms with van der Waals surface area (Å²) in [6.07, 6.45) is -3.66. The van der Waals surface area contributed by atoms with Crippen LogP contribution in [0.1, 0.15) is 21.7 Å². The molecule has 0 saturated carbocycles. The molecular formula is C22H20F3N3O2S. The summed E-state index contributed by atoms with van der Waals surface area (Å²) in [7, 11) is 0. The van der Waals surface area contributed by atoms with E-state index in [1.54, 1.807) is 0 Å². The lowest BCUT2D eigenvalue weighted by atomic mass is 10.1. The number of carbonyl (C=O) groups excluding carboxylic acids is 1. The zero-order valence-corrected chi connectivity index (χ0v) is 17.3. The van der Waals surface area contributed by atoms with Crippen LogP contribution in [0.4, 0.5) is 18.3 Å². The highest BCUT2D eigenvalue weighted by Crippen LogP contribution is 2.31. The SMILES string of the molecule is O=C(COc1cccc(C(F)(F)F)c1)Nc1nc2c(s1)CN(Cc1ccccc1)CC2. The van der Waals surface area contributed by atoms with Crippen LogP contribution in [-0.4, -0.2) is 28.9 Å². The lowest BCUT2D eigenvalue weighted by molar-refractivity contribution is -0.137. The Balaban J connectivity index is 1.31. The Labute approximate surface area is 181 Å². The normalized spacial score (nSPS) is 14.2. The van der Waals surface area contributed by atoms with Gasteiger partial charge >= 0.3 is 6.18 Å². The van der Waals surface area contributed by atoms with Crippen LogP contribution in [0, 0.1) is 0 Å². The van der Waals surface area contributed by atoms with Crippen LogP contribution < -0.4 is 10.1 Å². The lowest BCUT2D eigenvalue weighted by Crippen LogP contribution is -2.29. The molecule has 1 aromatic heterocycles. The van der Waals surface area contributed by atoms with Gasteiger partial charge in [-0.1, -0.05) is 36.4 Å². The van der Waals surface area contributed by atoms with Gasteiger partial charge in [-0.3, -0.25) is 15.0 Å². The predicted molar refractivity (Wildman–Crippen MR) is 112 cm³/mol. The van der Waals surface area contributed by atoms with Crippen molar-refractivity contribution in [2.45, 2.75) is 25.7 Å². The zero-order chi connectivity index (χ0) is 21.8. The standard InChI is InChI=1S/C22H20F3N3O2S/c23-22(24,25)16-7-4-8-17(11-16)30-14-20(29)27-21-26-18-9-10-28(13-19(18)31-21)12-15-5-2-1-3-6-15/h1-8,11H,9-10,12-14H2,(H,26,27,29). The van der Waals surface area contributed by atoms with E-state index in [0.717, 1.165) is 48.8 Å². The molecule has 4 rings (SSSR count). The minimum atomic E-state index is -4.46. The van der Waals surface area contributed by atoms with Crippen LogP contribution >= 0.6 is 11.3 Å². The second kappa shape index (κ2) is 9.07. The summed E-state index contributed by atoms with van der Waals surface area (Å²) >= 11 is 1.42. The molecule has 0 unspecified atom stereocenters. The molecule has 0 spiro atoms. The number of nitrogens with one attached hydrogen (secondary N) is 1. The fraction of sp³-hybridized carbons (Fsp3) is 0.273. The Morgan fingerprint density at radius 3 is 2.74 bits per heavy atom. The molecule has 0 bridgehead atoms. The number of hydrogen-bond donors (Lipinski definition) is 1. The Kier molecular flexibility index (Phi) is 6.24. The largest absolute Gasteiger partial charge is 0.484 e. The fourth-order valence-corrected chi connectivity index (χ4v) is 4.41. The maximum Gasteiger partial charge on any atom is 0.416 e. The number of halogens is 3. The van der Waals surface area contributed by atoms with Gasteiger partial charge in [0, 0.05) is 30.9 Å². The molecule has 0 radical (unpaired) electrons. The van der Waals surface area contributed by atoms with Crippen molar-refractivity contribution in [1.29, 1.82) is 0 Å². The van der Waals surface area contributed by atoms with Crippen LogP contribution in [0.15, 0.2) is 54.6 Å². The van der Waals surface area contributed by atoms with Gasteiger partial charge < -0.3 is 4.74 Å². The number of anilines is 1. The number of thiazole rings is 1. The second-order valence-electron chi connectivity index (χ2n) is 7.20. The molecule has 9 heteroatoms. The van der Waals surface area contributed by atoms with Crippen LogP contribution in [0.5, 0.6) is 5.75 Å². The van der Waals surface area contributed by atoms with E-state index < -0.39 is 24.3 Å². The third-order valence-corrected chi connectivity index (χ3v) is 5.83. The Hall–Kier alpha value is -2.91. The third kappa shape index (κ3) is 5.62. The number of fused-ring (bicyclic) bond motifs is 1. The summed E-state index contributed by atoms with van der Waals surface area (Å²) < 4.78 is 43.5. The van der Waals surface area contributed by atoms with E-state index >= 15 is 0 Å². The number of benzene rings is 2. The molecule has 1 aliphatic rings. The van der Waals surface area contributed by atoms with Crippen molar-refractivity contribution >= 4 is 22.4 Å². The summed E-state index contributed by atoms with van der Waals surface area (Å²) in [6.45, 7) is 2.10. The average molecular weight is 447 g/mol. The molecule has 0 fully saturated rings. The number of carbonyl (C=O) groups is 1. The van der Waals surface area contributed by atoms with Crippen molar-refractivity contribution in [1.82, 2.24) is 9.88 Å². The highest BCUT2D eigenvalue weighted by Gasteiger charge is 2.30. The topological polar surface area (TPSA) is 54.5 Å². The third-order valence-electron chi connectivity index (χ3n) is 4.84. The number of aromatic nitrogens is 1. The maximum atomic E-state index is 12.8. The van der Waals surface area contributed by atoms with Crippen molar-refractivity contribution in [3.05, 3.63) is 76.3 Å². The first kappa shape index (κ1) is 21.3. The lowest BCUT2D eigenvalue weighted by Gasteiger charge is -2.25. The van der Waals surface area contributed by atoms with Crippen LogP contribution in [0.3, 0.4) is 0 Å². The molecule has 162 valence electrons. The maximum absolute atomic E-state index is 12.8. The molecule has 1 N–H and O–H groups in total. The van der Waals surface area contributed by atoms with E-state index in [2.05, 4.69) is 27.3 Å². The minimum Gasteiger partial charge on any atom is -0.484 e.